The molecule has 1 aromatic carbocycles. The summed E-state index contributed by atoms with van der Waals surface area (Å²) in [6.45, 7) is 15.2. The van der Waals surface area contributed by atoms with Gasteiger partial charge in [0.1, 0.15) is 0 Å². The van der Waals surface area contributed by atoms with E-state index in [1.165, 1.54) is 7.11 Å². The van der Waals surface area contributed by atoms with E-state index in [2.05, 4.69) is 33.9 Å². The summed E-state index contributed by atoms with van der Waals surface area (Å²) in [6, 6.07) is 10.1. The van der Waals surface area contributed by atoms with Crippen LogP contribution < -0.4 is 0 Å². The molecular formula is C20H35NO4Si. The molecular weight excluding hydrogens is 346 g/mol. The van der Waals surface area contributed by atoms with Gasteiger partial charge in [-0.05, 0) is 44.0 Å². The van der Waals surface area contributed by atoms with E-state index in [0.29, 0.717) is 13.0 Å². The Morgan fingerprint density at radius 2 is 1.69 bits per heavy atom. The maximum Gasteiger partial charge on any atom is 0.307 e. The molecule has 0 saturated heterocycles. The zero-order chi connectivity index (χ0) is 20.0. The highest BCUT2D eigenvalue weighted by atomic mass is 28.4. The molecule has 1 aromatic rings. The van der Waals surface area contributed by atoms with Gasteiger partial charge in [-0.15, -0.1) is 0 Å². The third-order valence-electron chi connectivity index (χ3n) is 4.99. The maximum atomic E-state index is 12.1. The lowest BCUT2D eigenvalue weighted by Crippen LogP contribution is -2.56. The highest BCUT2D eigenvalue weighted by molar-refractivity contribution is 6.74. The molecule has 0 saturated carbocycles. The minimum Gasteiger partial charge on any atom is -0.469 e. The summed E-state index contributed by atoms with van der Waals surface area (Å²) in [5.41, 5.74) is 0.433. The molecule has 1 atom stereocenters. The first-order chi connectivity index (χ1) is 11.9. The van der Waals surface area contributed by atoms with Gasteiger partial charge in [0.2, 0.25) is 8.32 Å². The molecule has 26 heavy (non-hydrogen) atoms. The Labute approximate surface area is 159 Å². The van der Waals surface area contributed by atoms with Crippen LogP contribution in [0.5, 0.6) is 0 Å². The highest BCUT2D eigenvalue weighted by Crippen LogP contribution is 2.39. The van der Waals surface area contributed by atoms with Crippen molar-refractivity contribution < 1.29 is 18.9 Å². The quantitative estimate of drug-likeness (QED) is 0.351. The van der Waals surface area contributed by atoms with Crippen molar-refractivity contribution in [1.29, 1.82) is 0 Å². The second kappa shape index (κ2) is 9.13. The van der Waals surface area contributed by atoms with Gasteiger partial charge in [-0.2, -0.15) is 0 Å². The minimum atomic E-state index is -2.14. The third-order valence-corrected chi connectivity index (χ3v) is 9.22. The minimum absolute atomic E-state index is 0.0152. The summed E-state index contributed by atoms with van der Waals surface area (Å²) >= 11 is 0. The Morgan fingerprint density at radius 3 is 2.15 bits per heavy atom. The zero-order valence-electron chi connectivity index (χ0n) is 17.6. The highest BCUT2D eigenvalue weighted by Gasteiger charge is 2.45. The fourth-order valence-electron chi connectivity index (χ4n) is 2.36. The summed E-state index contributed by atoms with van der Waals surface area (Å²) in [4.78, 5) is 18.0. The molecule has 0 N–H and O–H groups in total. The van der Waals surface area contributed by atoms with Crippen LogP contribution >= 0.6 is 0 Å². The van der Waals surface area contributed by atoms with Crippen LogP contribution in [-0.2, 0) is 25.3 Å². The fourth-order valence-corrected chi connectivity index (χ4v) is 3.33. The van der Waals surface area contributed by atoms with Gasteiger partial charge in [-0.25, -0.2) is 0 Å². The Bertz CT molecular complexity index is 571. The number of hydroxylamine groups is 2. The first-order valence-electron chi connectivity index (χ1n) is 9.18. The van der Waals surface area contributed by atoms with Crippen molar-refractivity contribution in [1.82, 2.24) is 5.23 Å². The summed E-state index contributed by atoms with van der Waals surface area (Å²) in [6.07, 6.45) is 0.782. The monoisotopic (exact) mass is 381 g/mol. The molecule has 0 radical (unpaired) electrons. The van der Waals surface area contributed by atoms with Crippen molar-refractivity contribution in [2.75, 3.05) is 13.7 Å². The van der Waals surface area contributed by atoms with Gasteiger partial charge in [-0.1, -0.05) is 56.3 Å². The van der Waals surface area contributed by atoms with E-state index < -0.39 is 13.9 Å². The van der Waals surface area contributed by atoms with E-state index in [4.69, 9.17) is 14.1 Å². The zero-order valence-corrected chi connectivity index (χ0v) is 18.6. The maximum absolute atomic E-state index is 12.1. The summed E-state index contributed by atoms with van der Waals surface area (Å²) < 4.78 is 11.4. The molecule has 0 spiro atoms. The van der Waals surface area contributed by atoms with Crippen molar-refractivity contribution in [2.24, 2.45) is 0 Å². The number of hydrogen-bond acceptors (Lipinski definition) is 5. The molecule has 5 nitrogen and oxygen atoms in total. The standard InChI is InChI=1S/C20H35NO4Si/c1-9-24-21(25-26(7,8)19(2,3)4)20(5,16-18(22)23-6)15-17-13-11-10-12-14-17/h10-14H,9,15-16H2,1-8H3. The molecule has 1 unspecified atom stereocenters. The van der Waals surface area contributed by atoms with Crippen molar-refractivity contribution >= 4 is 14.3 Å². The van der Waals surface area contributed by atoms with Crippen LogP contribution in [0, 0.1) is 0 Å². The van der Waals surface area contributed by atoms with E-state index >= 15 is 0 Å². The van der Waals surface area contributed by atoms with Crippen LogP contribution in [0.25, 0.3) is 0 Å². The summed E-state index contributed by atoms with van der Waals surface area (Å²) in [7, 11) is -0.737. The van der Waals surface area contributed by atoms with E-state index in [0.717, 1.165) is 5.56 Å². The van der Waals surface area contributed by atoms with Gasteiger partial charge in [0.25, 0.3) is 0 Å². The largest absolute Gasteiger partial charge is 0.469 e. The van der Waals surface area contributed by atoms with Crippen molar-refractivity contribution in [3.63, 3.8) is 0 Å². The van der Waals surface area contributed by atoms with Gasteiger partial charge in [0.15, 0.2) is 0 Å². The van der Waals surface area contributed by atoms with Crippen molar-refractivity contribution in [3.8, 4) is 0 Å². The number of benzene rings is 1. The Kier molecular flexibility index (Phi) is 8.01. The molecule has 0 heterocycles. The number of ether oxygens (including phenoxy) is 1. The Morgan fingerprint density at radius 1 is 1.12 bits per heavy atom. The lowest BCUT2D eigenvalue weighted by molar-refractivity contribution is -0.372. The van der Waals surface area contributed by atoms with Gasteiger partial charge in [0, 0.05) is 0 Å². The third kappa shape index (κ3) is 6.19. The lowest BCUT2D eigenvalue weighted by atomic mass is 9.90. The number of hydrogen-bond donors (Lipinski definition) is 0. The predicted molar refractivity (Wildman–Crippen MR) is 107 cm³/mol. The van der Waals surface area contributed by atoms with E-state index in [-0.39, 0.29) is 17.4 Å². The van der Waals surface area contributed by atoms with Crippen LogP contribution in [0.3, 0.4) is 0 Å². The van der Waals surface area contributed by atoms with E-state index in [1.807, 2.05) is 44.2 Å². The fraction of sp³-hybridized carbons (Fsp3) is 0.650. The predicted octanol–water partition coefficient (Wildman–Crippen LogP) is 4.74. The van der Waals surface area contributed by atoms with Crippen LogP contribution in [0.1, 0.15) is 46.6 Å². The number of esters is 1. The van der Waals surface area contributed by atoms with Gasteiger partial charge in [-0.3, -0.25) is 9.63 Å². The average molecular weight is 382 g/mol. The second-order valence-electron chi connectivity index (χ2n) is 8.44. The first kappa shape index (κ1) is 22.8. The van der Waals surface area contributed by atoms with E-state index in [1.54, 1.807) is 5.23 Å². The van der Waals surface area contributed by atoms with Crippen LogP contribution in [0.2, 0.25) is 18.1 Å². The van der Waals surface area contributed by atoms with Gasteiger partial charge >= 0.3 is 5.97 Å². The molecule has 0 bridgehead atoms. The van der Waals surface area contributed by atoms with Crippen molar-refractivity contribution in [3.05, 3.63) is 35.9 Å². The van der Waals surface area contributed by atoms with Crippen LogP contribution in [0.4, 0.5) is 0 Å². The summed E-state index contributed by atoms with van der Waals surface area (Å²) in [5, 5.41) is 1.59. The van der Waals surface area contributed by atoms with Gasteiger partial charge in [0.05, 0.1) is 25.7 Å². The molecule has 0 aliphatic carbocycles. The number of carbonyl (C=O) groups excluding carboxylic acids is 1. The van der Waals surface area contributed by atoms with Crippen LogP contribution in [-0.4, -0.2) is 38.8 Å². The van der Waals surface area contributed by atoms with Crippen molar-refractivity contribution in [2.45, 2.75) is 71.1 Å². The SMILES string of the molecule is CCON(O[Si](C)(C)C(C)(C)C)C(C)(CC(=O)OC)Cc1ccccc1. The number of methoxy groups -OCH3 is 1. The molecule has 148 valence electrons. The normalized spacial score (nSPS) is 15.0. The summed E-state index contributed by atoms with van der Waals surface area (Å²) in [5.74, 6) is -0.285. The second-order valence-corrected chi connectivity index (χ2v) is 13.1. The van der Waals surface area contributed by atoms with E-state index in [9.17, 15) is 4.79 Å². The number of rotatable bonds is 9. The molecule has 0 aliphatic rings. The smallest absolute Gasteiger partial charge is 0.307 e. The number of carbonyl (C=O) groups is 1. The molecule has 0 amide bonds. The Balaban J connectivity index is 3.22. The molecule has 0 aliphatic heterocycles. The Hall–Kier alpha value is -1.21. The topological polar surface area (TPSA) is 48.0 Å². The molecule has 0 fully saturated rings. The first-order valence-corrected chi connectivity index (χ1v) is 12.1. The molecule has 1 rings (SSSR count). The molecule has 0 aromatic heterocycles. The van der Waals surface area contributed by atoms with Gasteiger partial charge < -0.3 is 9.26 Å². The number of nitrogens with zero attached hydrogens (tertiary/aromatic N) is 1. The molecule has 6 heteroatoms. The van der Waals surface area contributed by atoms with Crippen LogP contribution in [0.15, 0.2) is 30.3 Å². The lowest BCUT2D eigenvalue weighted by Gasteiger charge is -2.45. The average Bonchev–Trinajstić information content (AvgIpc) is 2.54.